The second-order valence-corrected chi connectivity index (χ2v) is 26.8. The van der Waals surface area contributed by atoms with Gasteiger partial charge in [0.05, 0.1) is 55.8 Å². The Kier molecular flexibility index (Phi) is 16.6. The zero-order valence-corrected chi connectivity index (χ0v) is 56.1. The molecule has 0 amide bonds. The number of aryl methyl sites for hydroxylation is 1. The zero-order chi connectivity index (χ0) is 68.4. The molecular formula is C76H72F3N17O6. The van der Waals surface area contributed by atoms with Gasteiger partial charge in [-0.1, -0.05) is 36.4 Å². The summed E-state index contributed by atoms with van der Waals surface area (Å²) in [6.45, 7) is 13.8. The summed E-state index contributed by atoms with van der Waals surface area (Å²) in [6, 6.07) is 32.6. The van der Waals surface area contributed by atoms with E-state index >= 15 is 0 Å². The maximum atomic E-state index is 13.6. The third-order valence-corrected chi connectivity index (χ3v) is 20.1. The number of aromatic amines is 3. The molecule has 15 aromatic rings. The molecule has 0 atom stereocenters. The number of nitrogens with zero attached hydrogens (tertiary/aromatic N) is 14. The van der Waals surface area contributed by atoms with Crippen molar-refractivity contribution >= 4 is 117 Å². The number of hydrogen-bond donors (Lipinski definition) is 3. The average molecular weight is 1380 g/mol. The Bertz CT molecular complexity index is 5600. The van der Waals surface area contributed by atoms with E-state index in [4.69, 9.17) is 57.4 Å². The molecule has 17 heterocycles. The molecule has 0 saturated carbocycles. The smallest absolute Gasteiger partial charge is 0.250 e. The van der Waals surface area contributed by atoms with Gasteiger partial charge in [-0.15, -0.1) is 0 Å². The predicted octanol–water partition coefficient (Wildman–Crippen LogP) is 13.7. The third-order valence-electron chi connectivity index (χ3n) is 20.1. The molecule has 0 bridgehead atoms. The SMILES string of the molecule is Cc1ccc2c(n1)oc1c(N3CCOCC3)nc(-c3cccc4[nH]ccc34)nc12.FC1(F)CCN(Cc2cnc3oc4c(N5CCOCC5)nc(-c5cccc6[nH]ccc56)nc4c3c2)CC1.FC1CCN(Cc2cnc3oc4c(N5CCOCC5)nc(-c5cccc6[nH]ccc56)nc4c3c2)CC1. The fraction of sp³-hybridized carbons (Fsp3) is 0.329. The summed E-state index contributed by atoms with van der Waals surface area (Å²) in [7, 11) is 0. The first-order valence-corrected chi connectivity index (χ1v) is 35.0. The number of halogens is 3. The second-order valence-electron chi connectivity index (χ2n) is 26.8. The molecule has 23 nitrogen and oxygen atoms in total. The minimum atomic E-state index is -2.56. The minimum absolute atomic E-state index is 0.110. The Labute approximate surface area is 581 Å². The third kappa shape index (κ3) is 12.3. The normalized spacial score (nSPS) is 17.5. The van der Waals surface area contributed by atoms with Gasteiger partial charge in [0, 0.05) is 177 Å². The van der Waals surface area contributed by atoms with E-state index in [1.54, 1.807) is 6.20 Å². The van der Waals surface area contributed by atoms with Crippen molar-refractivity contribution in [1.29, 1.82) is 0 Å². The number of hydrogen-bond acceptors (Lipinski definition) is 20. The first-order chi connectivity index (χ1) is 50.0. The van der Waals surface area contributed by atoms with Crippen molar-refractivity contribution in [2.24, 2.45) is 0 Å². The monoisotopic (exact) mass is 1380 g/mol. The van der Waals surface area contributed by atoms with Crippen LogP contribution in [0.4, 0.5) is 30.6 Å². The molecule has 5 fully saturated rings. The van der Waals surface area contributed by atoms with Gasteiger partial charge in [-0.25, -0.2) is 58.0 Å². The summed E-state index contributed by atoms with van der Waals surface area (Å²) in [5.41, 5.74) is 14.8. The lowest BCUT2D eigenvalue weighted by Gasteiger charge is -2.31. The highest BCUT2D eigenvalue weighted by Crippen LogP contribution is 2.41. The van der Waals surface area contributed by atoms with Crippen LogP contribution in [0, 0.1) is 6.92 Å². The molecular weight excluding hydrogens is 1300 g/mol. The summed E-state index contributed by atoms with van der Waals surface area (Å²) >= 11 is 0. The maximum Gasteiger partial charge on any atom is 0.250 e. The Balaban J connectivity index is 0.000000110. The minimum Gasteiger partial charge on any atom is -0.432 e. The van der Waals surface area contributed by atoms with E-state index in [1.165, 1.54) is 0 Å². The van der Waals surface area contributed by atoms with Crippen LogP contribution in [0.5, 0.6) is 0 Å². The topological polar surface area (TPSA) is 247 Å². The number of furan rings is 3. The van der Waals surface area contributed by atoms with E-state index in [0.29, 0.717) is 142 Å². The first-order valence-electron chi connectivity index (χ1n) is 35.0. The Morgan fingerprint density at radius 1 is 0.431 bits per heavy atom. The van der Waals surface area contributed by atoms with Gasteiger partial charge in [0.25, 0.3) is 5.92 Å². The molecule has 0 aliphatic carbocycles. The van der Waals surface area contributed by atoms with Crippen LogP contribution in [-0.4, -0.2) is 187 Å². The van der Waals surface area contributed by atoms with Crippen molar-refractivity contribution in [3.63, 3.8) is 0 Å². The van der Waals surface area contributed by atoms with Crippen LogP contribution in [0.3, 0.4) is 0 Å². The highest BCUT2D eigenvalue weighted by Gasteiger charge is 2.35. The van der Waals surface area contributed by atoms with Crippen molar-refractivity contribution in [2.75, 3.05) is 120 Å². The van der Waals surface area contributed by atoms with Crippen LogP contribution in [0.25, 0.3) is 133 Å². The number of ether oxygens (including phenoxy) is 3. The van der Waals surface area contributed by atoms with Gasteiger partial charge in [0.2, 0.25) is 17.1 Å². The summed E-state index contributed by atoms with van der Waals surface area (Å²) in [5, 5.41) is 5.80. The van der Waals surface area contributed by atoms with E-state index in [2.05, 4.69) is 96.9 Å². The molecule has 0 spiro atoms. The van der Waals surface area contributed by atoms with E-state index in [0.717, 1.165) is 157 Å². The van der Waals surface area contributed by atoms with E-state index in [-0.39, 0.29) is 12.8 Å². The summed E-state index contributed by atoms with van der Waals surface area (Å²) < 4.78 is 76.2. The molecule has 5 aliphatic heterocycles. The van der Waals surface area contributed by atoms with E-state index < -0.39 is 12.1 Å². The van der Waals surface area contributed by atoms with E-state index in [9.17, 15) is 13.2 Å². The number of rotatable bonds is 10. The van der Waals surface area contributed by atoms with Crippen molar-refractivity contribution in [3.8, 4) is 34.2 Å². The number of fused-ring (bicyclic) bond motifs is 12. The number of likely N-dealkylation sites (tertiary alicyclic amines) is 2. The summed E-state index contributed by atoms with van der Waals surface area (Å²) in [6.07, 6.45) is 9.69. The number of alkyl halides is 3. The zero-order valence-electron chi connectivity index (χ0n) is 56.1. The molecule has 3 aromatic carbocycles. The number of nitrogens with one attached hydrogen (secondary N) is 3. The van der Waals surface area contributed by atoms with Crippen LogP contribution < -0.4 is 14.7 Å². The molecule has 0 radical (unpaired) electrons. The number of piperidine rings is 2. The Morgan fingerprint density at radius 2 is 0.824 bits per heavy atom. The molecule has 12 aromatic heterocycles. The Hall–Kier alpha value is -10.6. The van der Waals surface area contributed by atoms with Crippen LogP contribution in [-0.2, 0) is 27.3 Å². The van der Waals surface area contributed by atoms with Crippen LogP contribution >= 0.6 is 0 Å². The molecule has 20 rings (SSSR count). The molecule has 26 heteroatoms. The summed E-state index contributed by atoms with van der Waals surface area (Å²) in [5.74, 6) is 1.70. The number of morpholine rings is 3. The van der Waals surface area contributed by atoms with Gasteiger partial charge < -0.3 is 57.1 Å². The van der Waals surface area contributed by atoms with Gasteiger partial charge >= 0.3 is 0 Å². The van der Waals surface area contributed by atoms with Gasteiger partial charge in [-0.05, 0) is 91.6 Å². The molecule has 0 unspecified atom stereocenters. The van der Waals surface area contributed by atoms with Crippen LogP contribution in [0.1, 0.15) is 42.5 Å². The maximum absolute atomic E-state index is 13.6. The second kappa shape index (κ2) is 26.7. The highest BCUT2D eigenvalue weighted by molar-refractivity contribution is 6.09. The molecule has 5 aliphatic rings. The number of pyridine rings is 3. The lowest BCUT2D eigenvalue weighted by atomic mass is 10.1. The van der Waals surface area contributed by atoms with Crippen LogP contribution in [0.2, 0.25) is 0 Å². The number of H-pyrrole nitrogens is 3. The number of aromatic nitrogens is 12. The summed E-state index contributed by atoms with van der Waals surface area (Å²) in [4.78, 5) is 64.5. The standard InChI is InChI=1S/C27H26F2N6O2.C27H27FN6O2.C22H19N5O2/c28-27(29)5-8-34(9-6-27)16-17-14-20-22-23(37-26(20)31-15-17)25(35-10-12-36-13-11-35)33-24(32-22)19-2-1-3-21-18(19)4-7-30-21;28-18-5-8-33(9-6-18)16-17-14-21-23-24(36-27(21)30-15-17)26(34-10-12-35-13-11-34)32-25(31-23)20-2-1-3-22-19(20)4-7-29-22;1-13-5-6-16-18-19(29-22(16)24-13)21(27-9-11-28-12-10-27)26-20(25-18)15-3-2-4-17-14(15)7-8-23-17/h1-4,7,14-15,30H,5-6,8-13,16H2;1-4,7,14-15,18,29H,5-6,8-13,16H2;2-8,23H,9-12H2,1H3. The molecule has 518 valence electrons. The molecule has 3 N–H and O–H groups in total. The van der Waals surface area contributed by atoms with Crippen molar-refractivity contribution in [3.05, 3.63) is 145 Å². The van der Waals surface area contributed by atoms with Gasteiger partial charge in [0.15, 0.2) is 51.7 Å². The van der Waals surface area contributed by atoms with Gasteiger partial charge in [-0.2, -0.15) is 0 Å². The lowest BCUT2D eigenvalue weighted by molar-refractivity contribution is -0.0566. The predicted molar refractivity (Wildman–Crippen MR) is 386 cm³/mol. The first kappa shape index (κ1) is 63.5. The molecule has 5 saturated heterocycles. The largest absolute Gasteiger partial charge is 0.432 e. The fourth-order valence-electron chi connectivity index (χ4n) is 14.7. The van der Waals surface area contributed by atoms with Crippen molar-refractivity contribution in [1.82, 2.24) is 69.6 Å². The van der Waals surface area contributed by atoms with E-state index in [1.807, 2.05) is 86.3 Å². The average Bonchev–Trinajstić information content (AvgIpc) is 1.59. The fourth-order valence-corrected chi connectivity index (χ4v) is 14.7. The lowest BCUT2D eigenvalue weighted by Crippen LogP contribution is -2.38. The highest BCUT2D eigenvalue weighted by atomic mass is 19.3. The Morgan fingerprint density at radius 3 is 1.25 bits per heavy atom. The van der Waals surface area contributed by atoms with Crippen molar-refractivity contribution in [2.45, 2.75) is 57.8 Å². The molecule has 102 heavy (non-hydrogen) atoms. The number of benzene rings is 3. The number of anilines is 3. The quantitative estimate of drug-likeness (QED) is 0.115. The van der Waals surface area contributed by atoms with Crippen molar-refractivity contribution < 1.29 is 40.6 Å². The van der Waals surface area contributed by atoms with Crippen LogP contribution in [0.15, 0.2) is 141 Å². The van der Waals surface area contributed by atoms with Gasteiger partial charge in [-0.3, -0.25) is 9.80 Å². The van der Waals surface area contributed by atoms with Gasteiger partial charge in [0.1, 0.15) is 22.7 Å².